The van der Waals surface area contributed by atoms with Crippen LogP contribution in [0.25, 0.3) is 0 Å². The molecule has 5 rings (SSSR count). The van der Waals surface area contributed by atoms with Crippen molar-refractivity contribution in [3.05, 3.63) is 11.7 Å². The third-order valence-electron chi connectivity index (χ3n) is 5.31. The molecule has 1 N–H and O–H groups in total. The summed E-state index contributed by atoms with van der Waals surface area (Å²) in [5.74, 6) is 3.76. The molecule has 4 aliphatic carbocycles. The lowest BCUT2D eigenvalue weighted by Gasteiger charge is -2.53. The molecule has 5 heteroatoms. The molecule has 5 nitrogen and oxygen atoms in total. The Balaban J connectivity index is 1.58. The number of carbonyl (C=O) groups is 1. The van der Waals surface area contributed by atoms with E-state index >= 15 is 0 Å². The Morgan fingerprint density at radius 1 is 1.16 bits per heavy atom. The van der Waals surface area contributed by atoms with Crippen molar-refractivity contribution in [2.24, 2.45) is 23.7 Å². The first-order chi connectivity index (χ1) is 9.19. The second kappa shape index (κ2) is 4.05. The van der Waals surface area contributed by atoms with Crippen LogP contribution in [0.4, 0.5) is 0 Å². The maximum Gasteiger partial charge on any atom is 0.312 e. The zero-order valence-corrected chi connectivity index (χ0v) is 10.8. The molecule has 4 saturated carbocycles. The molecule has 0 unspecified atom stereocenters. The van der Waals surface area contributed by atoms with E-state index in [1.807, 2.05) is 0 Å². The molecular weight excluding hydrogens is 244 g/mol. The minimum absolute atomic E-state index is 0.166. The van der Waals surface area contributed by atoms with Crippen molar-refractivity contribution in [3.8, 4) is 0 Å². The largest absolute Gasteiger partial charge is 0.481 e. The van der Waals surface area contributed by atoms with Gasteiger partial charge in [0.05, 0.1) is 0 Å². The molecule has 0 amide bonds. The predicted molar refractivity (Wildman–Crippen MR) is 65.4 cm³/mol. The summed E-state index contributed by atoms with van der Waals surface area (Å²) in [4.78, 5) is 15.0. The van der Waals surface area contributed by atoms with Crippen LogP contribution in [-0.2, 0) is 11.2 Å². The molecule has 1 aromatic heterocycles. The van der Waals surface area contributed by atoms with Crippen LogP contribution in [0.1, 0.15) is 49.7 Å². The van der Waals surface area contributed by atoms with E-state index in [2.05, 4.69) is 10.1 Å². The van der Waals surface area contributed by atoms with Gasteiger partial charge in [-0.3, -0.25) is 4.79 Å². The first-order valence-corrected chi connectivity index (χ1v) is 7.23. The summed E-state index contributed by atoms with van der Waals surface area (Å²) in [6, 6.07) is 0. The van der Waals surface area contributed by atoms with Crippen molar-refractivity contribution in [2.75, 3.05) is 0 Å². The van der Waals surface area contributed by atoms with E-state index in [0.717, 1.165) is 17.7 Å². The van der Waals surface area contributed by atoms with Gasteiger partial charge in [-0.25, -0.2) is 0 Å². The smallest absolute Gasteiger partial charge is 0.312 e. The zero-order chi connectivity index (χ0) is 13.0. The topological polar surface area (TPSA) is 76.2 Å². The third kappa shape index (κ3) is 1.86. The average molecular weight is 262 g/mol. The van der Waals surface area contributed by atoms with Crippen molar-refractivity contribution < 1.29 is 14.4 Å². The molecule has 0 atom stereocenters. The number of rotatable bonds is 3. The number of aliphatic carboxylic acids is 1. The van der Waals surface area contributed by atoms with Gasteiger partial charge in [-0.15, -0.1) is 0 Å². The van der Waals surface area contributed by atoms with E-state index in [0.29, 0.717) is 17.8 Å². The highest BCUT2D eigenvalue weighted by Gasteiger charge is 2.50. The number of aromatic nitrogens is 2. The van der Waals surface area contributed by atoms with Crippen molar-refractivity contribution in [2.45, 2.75) is 44.4 Å². The SMILES string of the molecule is O=C(O)Cc1nc(C2C3CC4CC(C3)CC2C4)no1. The fraction of sp³-hybridized carbons (Fsp3) is 0.786. The average Bonchev–Trinajstić information content (AvgIpc) is 2.75. The lowest BCUT2D eigenvalue weighted by molar-refractivity contribution is -0.136. The Kier molecular flexibility index (Phi) is 2.44. The first-order valence-electron chi connectivity index (χ1n) is 7.23. The molecule has 4 fully saturated rings. The molecule has 0 spiro atoms. The molecule has 19 heavy (non-hydrogen) atoms. The maximum atomic E-state index is 10.7. The molecule has 4 bridgehead atoms. The van der Waals surface area contributed by atoms with Crippen molar-refractivity contribution >= 4 is 5.97 Å². The quantitative estimate of drug-likeness (QED) is 0.904. The third-order valence-corrected chi connectivity index (χ3v) is 5.31. The van der Waals surface area contributed by atoms with Crippen molar-refractivity contribution in [3.63, 3.8) is 0 Å². The fourth-order valence-electron chi connectivity index (χ4n) is 4.95. The predicted octanol–water partition coefficient (Wildman–Crippen LogP) is 2.24. The Morgan fingerprint density at radius 3 is 2.37 bits per heavy atom. The molecular formula is C14H18N2O3. The van der Waals surface area contributed by atoms with Crippen LogP contribution < -0.4 is 0 Å². The normalized spacial score (nSPS) is 39.7. The highest BCUT2D eigenvalue weighted by atomic mass is 16.5. The van der Waals surface area contributed by atoms with E-state index in [1.54, 1.807) is 0 Å². The summed E-state index contributed by atoms with van der Waals surface area (Å²) in [6.45, 7) is 0. The Labute approximate surface area is 111 Å². The van der Waals surface area contributed by atoms with Crippen LogP contribution in [0.5, 0.6) is 0 Å². The fourth-order valence-corrected chi connectivity index (χ4v) is 4.95. The van der Waals surface area contributed by atoms with Gasteiger partial charge in [0.1, 0.15) is 6.42 Å². The Hall–Kier alpha value is -1.39. The zero-order valence-electron chi connectivity index (χ0n) is 10.8. The molecule has 0 radical (unpaired) electrons. The second-order valence-corrected chi connectivity index (χ2v) is 6.57. The van der Waals surface area contributed by atoms with Gasteiger partial charge in [-0.1, -0.05) is 5.16 Å². The summed E-state index contributed by atoms with van der Waals surface area (Å²) in [5, 5.41) is 12.8. The molecule has 4 aliphatic rings. The summed E-state index contributed by atoms with van der Waals surface area (Å²) in [6.07, 6.45) is 6.48. The number of hydrogen-bond donors (Lipinski definition) is 1. The van der Waals surface area contributed by atoms with Crippen LogP contribution in [0, 0.1) is 23.7 Å². The summed E-state index contributed by atoms with van der Waals surface area (Å²) < 4.78 is 5.09. The minimum atomic E-state index is -0.916. The number of carboxylic acid groups (broad SMARTS) is 1. The van der Waals surface area contributed by atoms with Gasteiger partial charge in [0, 0.05) is 5.92 Å². The van der Waals surface area contributed by atoms with Crippen LogP contribution >= 0.6 is 0 Å². The maximum absolute atomic E-state index is 10.7. The van der Waals surface area contributed by atoms with Gasteiger partial charge in [0.15, 0.2) is 5.82 Å². The van der Waals surface area contributed by atoms with Gasteiger partial charge < -0.3 is 9.63 Å². The van der Waals surface area contributed by atoms with E-state index in [1.165, 1.54) is 32.1 Å². The molecule has 0 saturated heterocycles. The summed E-state index contributed by atoms with van der Waals surface area (Å²) in [5.41, 5.74) is 0. The van der Waals surface area contributed by atoms with Crippen LogP contribution in [0.15, 0.2) is 4.52 Å². The van der Waals surface area contributed by atoms with Gasteiger partial charge in [-0.2, -0.15) is 4.98 Å². The van der Waals surface area contributed by atoms with Gasteiger partial charge in [0.25, 0.3) is 0 Å². The number of nitrogens with zero attached hydrogens (tertiary/aromatic N) is 2. The standard InChI is InChI=1S/C14H18N2O3/c17-12(18)6-11-15-14(16-19-11)13-9-2-7-1-8(4-9)5-10(13)3-7/h7-10,13H,1-6H2,(H,17,18). The van der Waals surface area contributed by atoms with E-state index in [4.69, 9.17) is 9.63 Å². The monoisotopic (exact) mass is 262 g/mol. The van der Waals surface area contributed by atoms with Crippen LogP contribution in [-0.4, -0.2) is 21.2 Å². The highest BCUT2D eigenvalue weighted by Crippen LogP contribution is 2.59. The van der Waals surface area contributed by atoms with Crippen LogP contribution in [0.2, 0.25) is 0 Å². The highest BCUT2D eigenvalue weighted by molar-refractivity contribution is 5.68. The van der Waals surface area contributed by atoms with E-state index in [-0.39, 0.29) is 12.3 Å². The van der Waals surface area contributed by atoms with Gasteiger partial charge in [-0.05, 0) is 55.8 Å². The van der Waals surface area contributed by atoms with Crippen molar-refractivity contribution in [1.82, 2.24) is 10.1 Å². The Morgan fingerprint density at radius 2 is 1.79 bits per heavy atom. The molecule has 1 heterocycles. The Bertz CT molecular complexity index is 483. The molecule has 102 valence electrons. The lowest BCUT2D eigenvalue weighted by atomic mass is 9.52. The van der Waals surface area contributed by atoms with Crippen molar-refractivity contribution in [1.29, 1.82) is 0 Å². The number of hydrogen-bond acceptors (Lipinski definition) is 4. The molecule has 0 aromatic carbocycles. The summed E-state index contributed by atoms with van der Waals surface area (Å²) in [7, 11) is 0. The lowest BCUT2D eigenvalue weighted by Crippen LogP contribution is -2.44. The van der Waals surface area contributed by atoms with Gasteiger partial charge >= 0.3 is 5.97 Å². The minimum Gasteiger partial charge on any atom is -0.481 e. The van der Waals surface area contributed by atoms with Gasteiger partial charge in [0.2, 0.25) is 5.89 Å². The summed E-state index contributed by atoms with van der Waals surface area (Å²) >= 11 is 0. The molecule has 0 aliphatic heterocycles. The van der Waals surface area contributed by atoms with E-state index < -0.39 is 5.97 Å². The van der Waals surface area contributed by atoms with Crippen LogP contribution in [0.3, 0.4) is 0 Å². The first kappa shape index (κ1) is 11.4. The van der Waals surface area contributed by atoms with E-state index in [9.17, 15) is 4.79 Å². The number of carboxylic acids is 1. The molecule has 1 aromatic rings. The second-order valence-electron chi connectivity index (χ2n) is 6.57.